The molecule has 0 unspecified atom stereocenters. The van der Waals surface area contributed by atoms with Gasteiger partial charge in [0.1, 0.15) is 5.60 Å². The van der Waals surface area contributed by atoms with Crippen molar-refractivity contribution in [3.8, 4) is 0 Å². The first kappa shape index (κ1) is 23.6. The first-order valence-corrected chi connectivity index (χ1v) is 9.67. The van der Waals surface area contributed by atoms with Crippen LogP contribution in [0.5, 0.6) is 0 Å². The number of rotatable bonds is 4. The first-order chi connectivity index (χ1) is 14.1. The minimum atomic E-state index is -4.37. The minimum absolute atomic E-state index is 0.227. The number of alkyl halides is 3. The third-order valence-electron chi connectivity index (χ3n) is 4.37. The van der Waals surface area contributed by atoms with E-state index in [1.165, 1.54) is 0 Å². The van der Waals surface area contributed by atoms with Crippen LogP contribution in [0.15, 0.2) is 36.7 Å². The van der Waals surface area contributed by atoms with E-state index in [4.69, 9.17) is 0 Å². The predicted octanol–water partition coefficient (Wildman–Crippen LogP) is 4.66. The first-order valence-electron chi connectivity index (χ1n) is 9.67. The molecular weight excluding hydrogens is 397 g/mol. The molecule has 6 nitrogen and oxygen atoms in total. The topological polar surface area (TPSA) is 76.1 Å². The number of halogens is 3. The van der Waals surface area contributed by atoms with Gasteiger partial charge in [0.05, 0.1) is 5.56 Å². The van der Waals surface area contributed by atoms with E-state index in [-0.39, 0.29) is 11.5 Å². The summed E-state index contributed by atoms with van der Waals surface area (Å²) in [5, 5.41) is 6.20. The summed E-state index contributed by atoms with van der Waals surface area (Å²) in [5.74, 6) is 0.520. The lowest BCUT2D eigenvalue weighted by molar-refractivity contribution is -0.139. The molecule has 2 N–H and O–H groups in total. The third-order valence-corrected chi connectivity index (χ3v) is 4.37. The average molecular weight is 424 g/mol. The van der Waals surface area contributed by atoms with Crippen molar-refractivity contribution in [2.24, 2.45) is 0 Å². The van der Waals surface area contributed by atoms with Crippen molar-refractivity contribution in [1.82, 2.24) is 15.3 Å². The van der Waals surface area contributed by atoms with E-state index in [0.29, 0.717) is 18.1 Å². The number of carbonyl (C=O) groups is 1. The molecule has 0 atom stereocenters. The number of carbonyl (C=O) groups excluding carboxylic acids is 1. The number of nitrogens with zero attached hydrogens (tertiary/aromatic N) is 2. The summed E-state index contributed by atoms with van der Waals surface area (Å²) in [6, 6.07) is 5.53. The van der Waals surface area contributed by atoms with Crippen LogP contribution in [-0.4, -0.2) is 35.1 Å². The Bertz CT molecular complexity index is 802. The molecule has 0 bridgehead atoms. The van der Waals surface area contributed by atoms with Gasteiger partial charge in [-0.2, -0.15) is 13.2 Å². The molecule has 1 aliphatic rings. The van der Waals surface area contributed by atoms with Gasteiger partial charge in [-0.05, 0) is 76.4 Å². The van der Waals surface area contributed by atoms with Crippen molar-refractivity contribution in [2.75, 3.05) is 18.4 Å². The molecule has 0 saturated carbocycles. The van der Waals surface area contributed by atoms with Gasteiger partial charge in [-0.3, -0.25) is 4.79 Å². The standard InChI is InChI=1S/C16H17F3N4.C5H10O2/c17-16(18,19)12-2-3-13(11-4-8-20-9-5-11)14(10-12)23-15-21-6-1-7-22-15;1-5(2,3)7-4-6/h1-3,6-7,10-11,20H,4-5,8-9H2,(H,21,22,23);4H,1-3H3. The zero-order chi connectivity index (χ0) is 22.2. The fourth-order valence-corrected chi connectivity index (χ4v) is 2.96. The van der Waals surface area contributed by atoms with E-state index in [1.54, 1.807) is 24.5 Å². The molecule has 0 amide bonds. The minimum Gasteiger partial charge on any atom is -0.462 e. The van der Waals surface area contributed by atoms with Crippen LogP contribution >= 0.6 is 0 Å². The molecular formula is C21H27F3N4O2. The number of benzene rings is 1. The smallest absolute Gasteiger partial charge is 0.416 e. The van der Waals surface area contributed by atoms with E-state index in [9.17, 15) is 18.0 Å². The van der Waals surface area contributed by atoms with Crippen molar-refractivity contribution in [1.29, 1.82) is 0 Å². The van der Waals surface area contributed by atoms with Crippen LogP contribution in [-0.2, 0) is 15.7 Å². The fraction of sp³-hybridized carbons (Fsp3) is 0.476. The molecule has 1 saturated heterocycles. The van der Waals surface area contributed by atoms with E-state index < -0.39 is 11.7 Å². The Morgan fingerprint density at radius 3 is 2.27 bits per heavy atom. The number of ether oxygens (including phenoxy) is 1. The Balaban J connectivity index is 0.000000396. The van der Waals surface area contributed by atoms with E-state index in [2.05, 4.69) is 25.3 Å². The monoisotopic (exact) mass is 424 g/mol. The predicted molar refractivity (Wildman–Crippen MR) is 109 cm³/mol. The summed E-state index contributed by atoms with van der Waals surface area (Å²) in [6.45, 7) is 7.66. The van der Waals surface area contributed by atoms with Gasteiger partial charge >= 0.3 is 6.18 Å². The van der Waals surface area contributed by atoms with Crippen molar-refractivity contribution >= 4 is 18.1 Å². The van der Waals surface area contributed by atoms with Crippen LogP contribution in [0, 0.1) is 0 Å². The lowest BCUT2D eigenvalue weighted by Gasteiger charge is -2.26. The maximum absolute atomic E-state index is 13.0. The summed E-state index contributed by atoms with van der Waals surface area (Å²) in [6.07, 6.45) is 0.520. The Labute approximate surface area is 174 Å². The number of piperidine rings is 1. The third kappa shape index (κ3) is 7.62. The summed E-state index contributed by atoms with van der Waals surface area (Å²) >= 11 is 0. The number of aromatic nitrogens is 2. The zero-order valence-corrected chi connectivity index (χ0v) is 17.3. The van der Waals surface area contributed by atoms with Crippen LogP contribution in [0.4, 0.5) is 24.8 Å². The summed E-state index contributed by atoms with van der Waals surface area (Å²) in [5.41, 5.74) is 0.320. The lowest BCUT2D eigenvalue weighted by Crippen LogP contribution is -2.27. The number of nitrogens with one attached hydrogen (secondary N) is 2. The second-order valence-corrected chi connectivity index (χ2v) is 7.85. The van der Waals surface area contributed by atoms with Gasteiger partial charge in [-0.25, -0.2) is 9.97 Å². The summed E-state index contributed by atoms with van der Waals surface area (Å²) < 4.78 is 43.6. The van der Waals surface area contributed by atoms with Gasteiger partial charge in [0.25, 0.3) is 6.47 Å². The normalized spacial score (nSPS) is 15.0. The Hall–Kier alpha value is -2.68. The van der Waals surface area contributed by atoms with Crippen molar-refractivity contribution < 1.29 is 22.7 Å². The van der Waals surface area contributed by atoms with Crippen LogP contribution in [0.25, 0.3) is 0 Å². The average Bonchev–Trinajstić information content (AvgIpc) is 2.68. The molecule has 2 aromatic rings. The molecule has 2 heterocycles. The second-order valence-electron chi connectivity index (χ2n) is 7.85. The van der Waals surface area contributed by atoms with Crippen LogP contribution in [0.3, 0.4) is 0 Å². The highest BCUT2D eigenvalue weighted by Gasteiger charge is 2.32. The molecule has 164 valence electrons. The molecule has 0 aliphatic carbocycles. The number of anilines is 2. The van der Waals surface area contributed by atoms with E-state index >= 15 is 0 Å². The van der Waals surface area contributed by atoms with Crippen molar-refractivity contribution in [2.45, 2.75) is 51.3 Å². The number of hydrogen-bond acceptors (Lipinski definition) is 6. The molecule has 0 spiro atoms. The van der Waals surface area contributed by atoms with Gasteiger partial charge in [0.2, 0.25) is 5.95 Å². The molecule has 3 rings (SSSR count). The highest BCUT2D eigenvalue weighted by atomic mass is 19.4. The van der Waals surface area contributed by atoms with E-state index in [0.717, 1.165) is 43.6 Å². The highest BCUT2D eigenvalue weighted by Crippen LogP contribution is 2.37. The molecule has 1 aliphatic heterocycles. The summed E-state index contributed by atoms with van der Waals surface area (Å²) in [4.78, 5) is 17.7. The van der Waals surface area contributed by atoms with Crippen LogP contribution < -0.4 is 10.6 Å². The Morgan fingerprint density at radius 1 is 1.13 bits per heavy atom. The Kier molecular flexibility index (Phi) is 8.16. The van der Waals surface area contributed by atoms with Gasteiger partial charge in [-0.1, -0.05) is 6.07 Å². The molecule has 1 fully saturated rings. The maximum atomic E-state index is 13.0. The van der Waals surface area contributed by atoms with Gasteiger partial charge in [0.15, 0.2) is 0 Å². The second kappa shape index (κ2) is 10.4. The molecule has 1 aromatic heterocycles. The van der Waals surface area contributed by atoms with Gasteiger partial charge < -0.3 is 15.4 Å². The summed E-state index contributed by atoms with van der Waals surface area (Å²) in [7, 11) is 0. The number of hydrogen-bond donors (Lipinski definition) is 2. The fourth-order valence-electron chi connectivity index (χ4n) is 2.96. The molecule has 0 radical (unpaired) electrons. The SMILES string of the molecule is CC(C)(C)OC=O.FC(F)(F)c1ccc(C2CCNCC2)c(Nc2ncccn2)c1. The quantitative estimate of drug-likeness (QED) is 0.695. The lowest BCUT2D eigenvalue weighted by atomic mass is 9.88. The van der Waals surface area contributed by atoms with Gasteiger partial charge in [-0.15, -0.1) is 0 Å². The largest absolute Gasteiger partial charge is 0.462 e. The molecule has 1 aromatic carbocycles. The highest BCUT2D eigenvalue weighted by molar-refractivity contribution is 5.61. The van der Waals surface area contributed by atoms with Crippen molar-refractivity contribution in [3.05, 3.63) is 47.8 Å². The van der Waals surface area contributed by atoms with E-state index in [1.807, 2.05) is 20.8 Å². The molecule has 9 heteroatoms. The zero-order valence-electron chi connectivity index (χ0n) is 17.3. The van der Waals surface area contributed by atoms with Crippen LogP contribution in [0.1, 0.15) is 50.7 Å². The van der Waals surface area contributed by atoms with Gasteiger partial charge in [0, 0.05) is 18.1 Å². The molecule has 30 heavy (non-hydrogen) atoms. The maximum Gasteiger partial charge on any atom is 0.416 e. The van der Waals surface area contributed by atoms with Crippen molar-refractivity contribution in [3.63, 3.8) is 0 Å². The Morgan fingerprint density at radius 2 is 1.77 bits per heavy atom. The van der Waals surface area contributed by atoms with Crippen LogP contribution in [0.2, 0.25) is 0 Å².